The van der Waals surface area contributed by atoms with Gasteiger partial charge in [-0.3, -0.25) is 9.59 Å². The van der Waals surface area contributed by atoms with Crippen molar-refractivity contribution in [3.8, 4) is 0 Å². The number of nitrogens with one attached hydrogen (secondary N) is 2. The van der Waals surface area contributed by atoms with Gasteiger partial charge in [0.25, 0.3) is 5.56 Å². The van der Waals surface area contributed by atoms with Crippen molar-refractivity contribution in [1.29, 1.82) is 0 Å². The predicted octanol–water partition coefficient (Wildman–Crippen LogP) is 3.95. The van der Waals surface area contributed by atoms with Crippen LogP contribution in [0.15, 0.2) is 28.2 Å². The van der Waals surface area contributed by atoms with Gasteiger partial charge in [-0.2, -0.15) is 11.8 Å². The smallest absolute Gasteiger partial charge is 0.251 e. The Hall–Kier alpha value is -1.94. The standard InChI is InChI=1S/C17H18F3N3O2S2/c1-3-12(16(25)22-11-6-5-10(18)14(19)15(11)20)27-17-21-9(8-26-4-2)7-13(24)23-17/h5-7,12H,3-4,8H2,1-2H3,(H,22,25)(H,21,23,24). The number of hydrogen-bond donors (Lipinski definition) is 2. The van der Waals surface area contributed by atoms with E-state index in [0.29, 0.717) is 17.9 Å². The maximum atomic E-state index is 13.7. The van der Waals surface area contributed by atoms with Crippen molar-refractivity contribution in [2.45, 2.75) is 36.4 Å². The maximum absolute atomic E-state index is 13.7. The van der Waals surface area contributed by atoms with Crippen LogP contribution >= 0.6 is 23.5 Å². The summed E-state index contributed by atoms with van der Waals surface area (Å²) in [7, 11) is 0. The van der Waals surface area contributed by atoms with E-state index in [9.17, 15) is 22.8 Å². The highest BCUT2D eigenvalue weighted by molar-refractivity contribution is 8.00. The van der Waals surface area contributed by atoms with E-state index in [-0.39, 0.29) is 10.7 Å². The van der Waals surface area contributed by atoms with Crippen LogP contribution in [0.4, 0.5) is 18.9 Å². The highest BCUT2D eigenvalue weighted by atomic mass is 32.2. The summed E-state index contributed by atoms with van der Waals surface area (Å²) in [5, 5.41) is 1.80. The van der Waals surface area contributed by atoms with E-state index >= 15 is 0 Å². The Morgan fingerprint density at radius 1 is 1.26 bits per heavy atom. The zero-order valence-electron chi connectivity index (χ0n) is 14.6. The minimum atomic E-state index is -1.65. The average molecular weight is 417 g/mol. The van der Waals surface area contributed by atoms with Crippen molar-refractivity contribution in [1.82, 2.24) is 9.97 Å². The van der Waals surface area contributed by atoms with Gasteiger partial charge in [0, 0.05) is 11.8 Å². The summed E-state index contributed by atoms with van der Waals surface area (Å²) in [4.78, 5) is 31.0. The molecule has 2 rings (SSSR count). The summed E-state index contributed by atoms with van der Waals surface area (Å²) < 4.78 is 40.0. The van der Waals surface area contributed by atoms with Gasteiger partial charge in [-0.25, -0.2) is 18.2 Å². The number of carbonyl (C=O) groups is 1. The maximum Gasteiger partial charge on any atom is 0.251 e. The molecule has 0 aliphatic carbocycles. The minimum Gasteiger partial charge on any atom is -0.323 e. The monoisotopic (exact) mass is 417 g/mol. The molecule has 146 valence electrons. The van der Waals surface area contributed by atoms with Crippen molar-refractivity contribution >= 4 is 35.1 Å². The van der Waals surface area contributed by atoms with Gasteiger partial charge in [0.2, 0.25) is 5.91 Å². The second-order valence-electron chi connectivity index (χ2n) is 5.41. The van der Waals surface area contributed by atoms with Crippen LogP contribution in [0.5, 0.6) is 0 Å². The molecule has 0 saturated heterocycles. The molecule has 0 radical (unpaired) electrons. The van der Waals surface area contributed by atoms with Crippen LogP contribution in [-0.2, 0) is 10.5 Å². The number of anilines is 1. The highest BCUT2D eigenvalue weighted by Crippen LogP contribution is 2.25. The predicted molar refractivity (Wildman–Crippen MR) is 102 cm³/mol. The van der Waals surface area contributed by atoms with Gasteiger partial charge < -0.3 is 10.3 Å². The number of aromatic amines is 1. The third-order valence-electron chi connectivity index (χ3n) is 3.44. The molecular formula is C17H18F3N3O2S2. The van der Waals surface area contributed by atoms with Gasteiger partial charge in [-0.15, -0.1) is 0 Å². The summed E-state index contributed by atoms with van der Waals surface area (Å²) in [5.41, 5.74) is -0.191. The Bertz CT molecular complexity index is 877. The van der Waals surface area contributed by atoms with E-state index in [0.717, 1.165) is 29.6 Å². The third-order valence-corrected chi connectivity index (χ3v) is 5.59. The number of rotatable bonds is 8. The Labute approximate surface area is 162 Å². The van der Waals surface area contributed by atoms with Gasteiger partial charge in [-0.05, 0) is 24.3 Å². The lowest BCUT2D eigenvalue weighted by Gasteiger charge is -2.15. The van der Waals surface area contributed by atoms with Crippen LogP contribution in [0.1, 0.15) is 26.0 Å². The molecule has 1 unspecified atom stereocenters. The largest absolute Gasteiger partial charge is 0.323 e. The Morgan fingerprint density at radius 3 is 2.67 bits per heavy atom. The number of carbonyl (C=O) groups excluding carboxylic acids is 1. The fraction of sp³-hybridized carbons (Fsp3) is 0.353. The van der Waals surface area contributed by atoms with Crippen LogP contribution in [-0.4, -0.2) is 26.9 Å². The molecule has 5 nitrogen and oxygen atoms in total. The Kier molecular flexibility index (Phi) is 7.78. The second-order valence-corrected chi connectivity index (χ2v) is 7.87. The first-order valence-corrected chi connectivity index (χ1v) is 10.2. The lowest BCUT2D eigenvalue weighted by Crippen LogP contribution is -2.26. The number of halogens is 3. The summed E-state index contributed by atoms with van der Waals surface area (Å²) >= 11 is 2.62. The number of H-pyrrole nitrogens is 1. The molecule has 0 aliphatic rings. The first-order valence-electron chi connectivity index (χ1n) is 8.14. The van der Waals surface area contributed by atoms with E-state index in [2.05, 4.69) is 15.3 Å². The molecule has 1 aromatic heterocycles. The van der Waals surface area contributed by atoms with E-state index < -0.39 is 34.3 Å². The van der Waals surface area contributed by atoms with E-state index in [1.54, 1.807) is 18.7 Å². The fourth-order valence-corrected chi connectivity index (χ4v) is 3.61. The van der Waals surface area contributed by atoms with Crippen molar-refractivity contribution in [3.63, 3.8) is 0 Å². The SMILES string of the molecule is CCSCc1cc(=O)[nH]c(SC(CC)C(=O)Nc2ccc(F)c(F)c2F)n1. The highest BCUT2D eigenvalue weighted by Gasteiger charge is 2.22. The molecule has 1 heterocycles. The molecule has 0 spiro atoms. The topological polar surface area (TPSA) is 74.8 Å². The summed E-state index contributed by atoms with van der Waals surface area (Å²) in [6.07, 6.45) is 0.347. The number of nitrogens with zero attached hydrogens (tertiary/aromatic N) is 1. The lowest BCUT2D eigenvalue weighted by atomic mass is 10.2. The molecule has 1 atom stereocenters. The normalized spacial score (nSPS) is 12.0. The zero-order valence-corrected chi connectivity index (χ0v) is 16.3. The Balaban J connectivity index is 2.15. The molecule has 27 heavy (non-hydrogen) atoms. The van der Waals surface area contributed by atoms with Gasteiger partial charge in [0.15, 0.2) is 22.6 Å². The van der Waals surface area contributed by atoms with Crippen LogP contribution in [0, 0.1) is 17.5 Å². The van der Waals surface area contributed by atoms with E-state index in [1.165, 1.54) is 6.07 Å². The van der Waals surface area contributed by atoms with Crippen molar-refractivity contribution in [2.75, 3.05) is 11.1 Å². The quantitative estimate of drug-likeness (QED) is 0.387. The molecule has 2 N–H and O–H groups in total. The molecule has 0 aliphatic heterocycles. The van der Waals surface area contributed by atoms with Gasteiger partial charge in [0.1, 0.15) is 0 Å². The second kappa shape index (κ2) is 9.84. The van der Waals surface area contributed by atoms with Gasteiger partial charge >= 0.3 is 0 Å². The summed E-state index contributed by atoms with van der Waals surface area (Å²) in [6.45, 7) is 3.72. The molecule has 1 amide bonds. The average Bonchev–Trinajstić information content (AvgIpc) is 2.64. The minimum absolute atomic E-state index is 0.266. The number of thioether (sulfide) groups is 2. The molecule has 2 aromatic rings. The summed E-state index contributed by atoms with van der Waals surface area (Å²) in [6, 6.07) is 3.08. The molecular weight excluding hydrogens is 399 g/mol. The number of aromatic nitrogens is 2. The van der Waals surface area contributed by atoms with Gasteiger partial charge in [0.05, 0.1) is 16.6 Å². The van der Waals surface area contributed by atoms with Crippen LogP contribution < -0.4 is 10.9 Å². The van der Waals surface area contributed by atoms with Crippen LogP contribution in [0.2, 0.25) is 0 Å². The molecule has 0 fully saturated rings. The van der Waals surface area contributed by atoms with Gasteiger partial charge in [-0.1, -0.05) is 25.6 Å². The molecule has 1 aromatic carbocycles. The number of hydrogen-bond acceptors (Lipinski definition) is 5. The number of benzene rings is 1. The fourth-order valence-electron chi connectivity index (χ4n) is 2.11. The Morgan fingerprint density at radius 2 is 2.00 bits per heavy atom. The zero-order chi connectivity index (χ0) is 20.0. The van der Waals surface area contributed by atoms with Crippen molar-refractivity contribution < 1.29 is 18.0 Å². The van der Waals surface area contributed by atoms with E-state index in [1.807, 2.05) is 6.92 Å². The molecule has 10 heteroatoms. The lowest BCUT2D eigenvalue weighted by molar-refractivity contribution is -0.115. The first-order chi connectivity index (χ1) is 12.8. The van der Waals surface area contributed by atoms with Crippen molar-refractivity contribution in [2.24, 2.45) is 0 Å². The molecule has 0 bridgehead atoms. The molecule has 0 saturated carbocycles. The number of amides is 1. The summed E-state index contributed by atoms with van der Waals surface area (Å²) in [5.74, 6) is -3.62. The van der Waals surface area contributed by atoms with Crippen LogP contribution in [0.3, 0.4) is 0 Å². The van der Waals surface area contributed by atoms with E-state index in [4.69, 9.17) is 0 Å². The van der Waals surface area contributed by atoms with Crippen LogP contribution in [0.25, 0.3) is 0 Å². The first kappa shape index (κ1) is 21.4. The van der Waals surface area contributed by atoms with Crippen molar-refractivity contribution in [3.05, 3.63) is 51.7 Å². The third kappa shape index (κ3) is 5.77.